The molecule has 2 aliphatic rings. The van der Waals surface area contributed by atoms with Crippen molar-refractivity contribution in [2.45, 2.75) is 63.5 Å². The molecule has 6 heteroatoms. The molecule has 1 aromatic rings. The minimum atomic E-state index is -0.178. The smallest absolute Gasteiger partial charge is 0.220 e. The van der Waals surface area contributed by atoms with E-state index < -0.39 is 0 Å². The van der Waals surface area contributed by atoms with Crippen LogP contribution >= 0.6 is 12.4 Å². The number of amides is 1. The van der Waals surface area contributed by atoms with Gasteiger partial charge in [-0.2, -0.15) is 0 Å². The van der Waals surface area contributed by atoms with Crippen LogP contribution in [0.5, 0.6) is 11.5 Å². The third kappa shape index (κ3) is 5.29. The molecule has 2 saturated heterocycles. The zero-order valence-corrected chi connectivity index (χ0v) is 17.7. The van der Waals surface area contributed by atoms with Crippen molar-refractivity contribution < 1.29 is 14.3 Å². The highest BCUT2D eigenvalue weighted by Gasteiger charge is 2.34. The molecular weight excluding hydrogens is 364 g/mol. The first-order valence-corrected chi connectivity index (χ1v) is 9.66. The van der Waals surface area contributed by atoms with Crippen molar-refractivity contribution in [3.63, 3.8) is 0 Å². The number of fused-ring (bicyclic) bond motifs is 2. The standard InChI is InChI=1S/C21H32N2O3.ClH/c1-21(2,15-5-8-18(25-3)19(12-15)26-4)13-22-20(24)11-14-9-16-6-7-17(10-14)23-16;/h5,8,12,14,16-17,23H,6-7,9-11,13H2,1-4H3,(H,22,24);1H. The van der Waals surface area contributed by atoms with Gasteiger partial charge in [-0.1, -0.05) is 19.9 Å². The molecule has 0 aliphatic carbocycles. The van der Waals surface area contributed by atoms with Crippen LogP contribution in [-0.4, -0.2) is 38.8 Å². The number of benzene rings is 1. The summed E-state index contributed by atoms with van der Waals surface area (Å²) in [5.74, 6) is 2.13. The van der Waals surface area contributed by atoms with E-state index in [0.717, 1.165) is 29.9 Å². The number of piperidine rings is 1. The van der Waals surface area contributed by atoms with Crippen molar-refractivity contribution in [1.29, 1.82) is 0 Å². The van der Waals surface area contributed by atoms with Crippen molar-refractivity contribution in [2.75, 3.05) is 20.8 Å². The molecule has 2 fully saturated rings. The van der Waals surface area contributed by atoms with Gasteiger partial charge in [0.05, 0.1) is 14.2 Å². The molecule has 2 bridgehead atoms. The number of halogens is 1. The highest BCUT2D eigenvalue weighted by Crippen LogP contribution is 2.34. The number of ether oxygens (including phenoxy) is 2. The van der Waals surface area contributed by atoms with E-state index in [4.69, 9.17) is 9.47 Å². The average molecular weight is 397 g/mol. The van der Waals surface area contributed by atoms with Gasteiger partial charge in [0.2, 0.25) is 5.91 Å². The Morgan fingerprint density at radius 2 is 1.78 bits per heavy atom. The van der Waals surface area contributed by atoms with Gasteiger partial charge in [0.25, 0.3) is 0 Å². The molecule has 0 saturated carbocycles. The maximum Gasteiger partial charge on any atom is 0.220 e. The molecular formula is C21H33ClN2O3. The number of carbonyl (C=O) groups is 1. The minimum absolute atomic E-state index is 0. The molecule has 0 radical (unpaired) electrons. The van der Waals surface area contributed by atoms with E-state index in [9.17, 15) is 4.79 Å². The van der Waals surface area contributed by atoms with Crippen LogP contribution in [-0.2, 0) is 10.2 Å². The van der Waals surface area contributed by atoms with Gasteiger partial charge in [0.15, 0.2) is 11.5 Å². The summed E-state index contributed by atoms with van der Waals surface area (Å²) in [4.78, 5) is 12.5. The summed E-state index contributed by atoms with van der Waals surface area (Å²) < 4.78 is 10.7. The molecule has 152 valence electrons. The number of rotatable bonds is 7. The Kier molecular flexibility index (Phi) is 7.40. The lowest BCUT2D eigenvalue weighted by molar-refractivity contribution is -0.122. The summed E-state index contributed by atoms with van der Waals surface area (Å²) in [7, 11) is 3.28. The van der Waals surface area contributed by atoms with Gasteiger partial charge < -0.3 is 20.1 Å². The van der Waals surface area contributed by atoms with Crippen LogP contribution in [0, 0.1) is 5.92 Å². The number of methoxy groups -OCH3 is 2. The predicted molar refractivity (Wildman–Crippen MR) is 110 cm³/mol. The molecule has 2 aliphatic heterocycles. The lowest BCUT2D eigenvalue weighted by Crippen LogP contribution is -2.41. The summed E-state index contributed by atoms with van der Waals surface area (Å²) >= 11 is 0. The Morgan fingerprint density at radius 1 is 1.15 bits per heavy atom. The minimum Gasteiger partial charge on any atom is -0.493 e. The average Bonchev–Trinajstić information content (AvgIpc) is 2.97. The third-order valence-corrected chi connectivity index (χ3v) is 5.94. The molecule has 2 atom stereocenters. The van der Waals surface area contributed by atoms with E-state index in [0.29, 0.717) is 31.0 Å². The molecule has 0 spiro atoms. The number of nitrogens with one attached hydrogen (secondary N) is 2. The van der Waals surface area contributed by atoms with Crippen molar-refractivity contribution >= 4 is 18.3 Å². The Bertz CT molecular complexity index is 638. The van der Waals surface area contributed by atoms with E-state index in [1.54, 1.807) is 14.2 Å². The monoisotopic (exact) mass is 396 g/mol. The Balaban J connectivity index is 0.00000261. The zero-order valence-electron chi connectivity index (χ0n) is 16.8. The Morgan fingerprint density at radius 3 is 2.37 bits per heavy atom. The lowest BCUT2D eigenvalue weighted by Gasteiger charge is -2.30. The first-order chi connectivity index (χ1) is 12.4. The summed E-state index contributed by atoms with van der Waals surface area (Å²) in [5, 5.41) is 6.79. The Hall–Kier alpha value is -1.46. The van der Waals surface area contributed by atoms with Gasteiger partial charge in [-0.15, -0.1) is 12.4 Å². The second kappa shape index (κ2) is 9.16. The largest absolute Gasteiger partial charge is 0.493 e. The molecule has 2 unspecified atom stereocenters. The normalized spacial score (nSPS) is 24.1. The fourth-order valence-corrected chi connectivity index (χ4v) is 4.35. The van der Waals surface area contributed by atoms with E-state index in [1.807, 2.05) is 18.2 Å². The topological polar surface area (TPSA) is 59.6 Å². The van der Waals surface area contributed by atoms with Crippen LogP contribution in [0.15, 0.2) is 18.2 Å². The summed E-state index contributed by atoms with van der Waals surface area (Å²) in [5.41, 5.74) is 0.942. The van der Waals surface area contributed by atoms with Crippen LogP contribution in [0.2, 0.25) is 0 Å². The molecule has 2 N–H and O–H groups in total. The summed E-state index contributed by atoms with van der Waals surface area (Å²) in [6.07, 6.45) is 5.48. The van der Waals surface area contributed by atoms with Crippen molar-refractivity contribution in [1.82, 2.24) is 10.6 Å². The molecule has 5 nitrogen and oxygen atoms in total. The second-order valence-electron chi connectivity index (χ2n) is 8.41. The Labute approximate surface area is 169 Å². The first kappa shape index (κ1) is 21.8. The van der Waals surface area contributed by atoms with Gasteiger partial charge >= 0.3 is 0 Å². The second-order valence-corrected chi connectivity index (χ2v) is 8.41. The molecule has 3 rings (SSSR count). The summed E-state index contributed by atoms with van der Waals surface area (Å²) in [6, 6.07) is 7.22. The molecule has 0 aromatic heterocycles. The van der Waals surface area contributed by atoms with Crippen LogP contribution in [0.4, 0.5) is 0 Å². The molecule has 2 heterocycles. The highest BCUT2D eigenvalue weighted by atomic mass is 35.5. The van der Waals surface area contributed by atoms with Crippen LogP contribution < -0.4 is 20.1 Å². The fourth-order valence-electron chi connectivity index (χ4n) is 4.35. The maximum absolute atomic E-state index is 12.5. The van der Waals surface area contributed by atoms with E-state index in [-0.39, 0.29) is 23.7 Å². The van der Waals surface area contributed by atoms with Crippen molar-refractivity contribution in [2.24, 2.45) is 5.92 Å². The quantitative estimate of drug-likeness (QED) is 0.741. The third-order valence-electron chi connectivity index (χ3n) is 5.94. The van der Waals surface area contributed by atoms with E-state index in [1.165, 1.54) is 12.8 Å². The molecule has 27 heavy (non-hydrogen) atoms. The van der Waals surface area contributed by atoms with Crippen LogP contribution in [0.3, 0.4) is 0 Å². The first-order valence-electron chi connectivity index (χ1n) is 9.66. The predicted octanol–water partition coefficient (Wildman–Crippen LogP) is 3.44. The SMILES string of the molecule is COc1ccc(C(C)(C)CNC(=O)CC2CC3CCC(C2)N3)cc1OC.Cl. The van der Waals surface area contributed by atoms with Gasteiger partial charge in [0.1, 0.15) is 0 Å². The number of hydrogen-bond donors (Lipinski definition) is 2. The van der Waals surface area contributed by atoms with E-state index in [2.05, 4.69) is 24.5 Å². The number of carbonyl (C=O) groups excluding carboxylic acids is 1. The lowest BCUT2D eigenvalue weighted by atomic mass is 9.84. The van der Waals surface area contributed by atoms with Gasteiger partial charge in [0, 0.05) is 30.5 Å². The molecule has 1 aromatic carbocycles. The fraction of sp³-hybridized carbons (Fsp3) is 0.667. The highest BCUT2D eigenvalue weighted by molar-refractivity contribution is 5.85. The van der Waals surface area contributed by atoms with Crippen LogP contribution in [0.25, 0.3) is 0 Å². The van der Waals surface area contributed by atoms with E-state index >= 15 is 0 Å². The zero-order chi connectivity index (χ0) is 18.7. The maximum atomic E-state index is 12.5. The molecule has 1 amide bonds. The van der Waals surface area contributed by atoms with Gasteiger partial charge in [-0.25, -0.2) is 0 Å². The summed E-state index contributed by atoms with van der Waals surface area (Å²) in [6.45, 7) is 4.89. The van der Waals surface area contributed by atoms with Crippen molar-refractivity contribution in [3.8, 4) is 11.5 Å². The van der Waals surface area contributed by atoms with Gasteiger partial charge in [-0.3, -0.25) is 4.79 Å². The number of hydrogen-bond acceptors (Lipinski definition) is 4. The van der Waals surface area contributed by atoms with Crippen LogP contribution in [0.1, 0.15) is 51.5 Å². The van der Waals surface area contributed by atoms with Crippen molar-refractivity contribution in [3.05, 3.63) is 23.8 Å². The van der Waals surface area contributed by atoms with Gasteiger partial charge in [-0.05, 0) is 49.3 Å².